The lowest BCUT2D eigenvalue weighted by atomic mass is 9.41. The summed E-state index contributed by atoms with van der Waals surface area (Å²) in [5.41, 5.74) is 11.4. The molecule has 0 aromatic carbocycles. The van der Waals surface area contributed by atoms with Gasteiger partial charge in [-0.25, -0.2) is 0 Å². The van der Waals surface area contributed by atoms with Gasteiger partial charge in [0.05, 0.1) is 11.7 Å². The molecule has 4 fully saturated rings. The summed E-state index contributed by atoms with van der Waals surface area (Å²) in [7, 11) is 0. The second-order valence-corrected chi connectivity index (χ2v) is 15.6. The van der Waals surface area contributed by atoms with E-state index in [1.54, 1.807) is 0 Å². The van der Waals surface area contributed by atoms with Crippen molar-refractivity contribution in [1.29, 1.82) is 0 Å². The van der Waals surface area contributed by atoms with Crippen LogP contribution in [0.25, 0.3) is 0 Å². The largest absolute Gasteiger partial charge is 0.393 e. The number of hydrogen-bond acceptors (Lipinski definition) is 5. The van der Waals surface area contributed by atoms with Gasteiger partial charge in [0.15, 0.2) is 0 Å². The van der Waals surface area contributed by atoms with Gasteiger partial charge in [0.25, 0.3) is 0 Å². The predicted octanol–water partition coefficient (Wildman–Crippen LogP) is 5.95. The summed E-state index contributed by atoms with van der Waals surface area (Å²) >= 11 is 0. The average Bonchev–Trinajstić information content (AvgIpc) is 3.24. The average molecular weight is 548 g/mol. The molecular formula is C34H65N3O2. The van der Waals surface area contributed by atoms with E-state index in [9.17, 15) is 10.2 Å². The van der Waals surface area contributed by atoms with E-state index in [0.717, 1.165) is 81.8 Å². The molecule has 0 aromatic rings. The maximum Gasteiger partial charge on any atom is 0.0882 e. The van der Waals surface area contributed by atoms with Crippen molar-refractivity contribution in [2.45, 2.75) is 142 Å². The Morgan fingerprint density at radius 1 is 0.846 bits per heavy atom. The molecule has 4 aliphatic rings. The fourth-order valence-electron chi connectivity index (χ4n) is 10.9. The van der Waals surface area contributed by atoms with Crippen LogP contribution in [-0.4, -0.2) is 59.0 Å². The molecule has 0 radical (unpaired) electrons. The zero-order valence-electron chi connectivity index (χ0n) is 26.3. The molecule has 228 valence electrons. The Labute approximate surface area is 241 Å². The van der Waals surface area contributed by atoms with Crippen molar-refractivity contribution in [2.24, 2.45) is 57.8 Å². The molecule has 5 heteroatoms. The first-order valence-electron chi connectivity index (χ1n) is 17.1. The van der Waals surface area contributed by atoms with Crippen LogP contribution in [-0.2, 0) is 0 Å². The second-order valence-electron chi connectivity index (χ2n) is 15.6. The number of aliphatic hydroxyl groups excluding tert-OH is 1. The number of unbranched alkanes of at least 4 members (excludes halogenated alkanes) is 1. The van der Waals surface area contributed by atoms with Crippen LogP contribution in [0.4, 0.5) is 0 Å². The lowest BCUT2D eigenvalue weighted by Crippen LogP contribution is -2.72. The van der Waals surface area contributed by atoms with Crippen molar-refractivity contribution in [3.63, 3.8) is 0 Å². The summed E-state index contributed by atoms with van der Waals surface area (Å²) in [5, 5.41) is 23.7. The lowest BCUT2D eigenvalue weighted by molar-refractivity contribution is -0.251. The molecule has 0 amide bonds. The van der Waals surface area contributed by atoms with Crippen LogP contribution in [0.3, 0.4) is 0 Å². The molecule has 0 spiro atoms. The van der Waals surface area contributed by atoms with Crippen LogP contribution >= 0.6 is 0 Å². The standard InChI is InChI=1S/C34H65N3O2/c1-24(2)10-8-11-25(3)28-12-13-29-27-22-31(37(21-9-19-36)20-7-6-18-35)34(39)23-26(38)14-17-33(34,5)30(27)15-16-32(28,29)4/h24-31,38-39H,6-23,35-36H2,1-5H3/t25-,26+,27+,28-,29+,30+,31-,32-,33-,34+/m1/s1. The van der Waals surface area contributed by atoms with Crippen molar-refractivity contribution >= 4 is 0 Å². The van der Waals surface area contributed by atoms with Gasteiger partial charge >= 0.3 is 0 Å². The second kappa shape index (κ2) is 13.0. The smallest absolute Gasteiger partial charge is 0.0882 e. The van der Waals surface area contributed by atoms with Crippen LogP contribution in [0.1, 0.15) is 125 Å². The fourth-order valence-corrected chi connectivity index (χ4v) is 10.9. The van der Waals surface area contributed by atoms with E-state index in [0.29, 0.717) is 30.2 Å². The van der Waals surface area contributed by atoms with E-state index in [-0.39, 0.29) is 17.6 Å². The molecule has 4 aliphatic carbocycles. The predicted molar refractivity (Wildman–Crippen MR) is 163 cm³/mol. The minimum absolute atomic E-state index is 0.105. The van der Waals surface area contributed by atoms with Crippen LogP contribution < -0.4 is 11.5 Å². The molecule has 0 unspecified atom stereocenters. The molecule has 0 saturated heterocycles. The molecule has 0 aromatic heterocycles. The normalized spacial score (nSPS) is 42.8. The molecule has 0 bridgehead atoms. The SMILES string of the molecule is CC(C)CCC[C@@H](C)[C@H]1CC[C@H]2[C@@H]3C[C@@H](N(CCCN)CCCCN)[C@@]4(O)C[C@@H](O)CC[C@]4(C)[C@H]3CC[C@]12C. The fraction of sp³-hybridized carbons (Fsp3) is 1.00. The van der Waals surface area contributed by atoms with E-state index in [2.05, 4.69) is 39.5 Å². The Morgan fingerprint density at radius 3 is 2.26 bits per heavy atom. The molecule has 6 N–H and O–H groups in total. The van der Waals surface area contributed by atoms with Gasteiger partial charge in [-0.15, -0.1) is 0 Å². The van der Waals surface area contributed by atoms with Crippen LogP contribution in [0, 0.1) is 46.3 Å². The quantitative estimate of drug-likeness (QED) is 0.214. The third kappa shape index (κ3) is 6.01. The Kier molecular flexibility index (Phi) is 10.6. The zero-order valence-corrected chi connectivity index (χ0v) is 26.3. The van der Waals surface area contributed by atoms with Crippen molar-refractivity contribution in [3.05, 3.63) is 0 Å². The van der Waals surface area contributed by atoms with Gasteiger partial charge in [0.2, 0.25) is 0 Å². The maximum atomic E-state index is 12.8. The summed E-state index contributed by atoms with van der Waals surface area (Å²) in [6.45, 7) is 15.7. The number of nitrogens with zero attached hydrogens (tertiary/aromatic N) is 1. The molecule has 5 nitrogen and oxygen atoms in total. The highest BCUT2D eigenvalue weighted by Crippen LogP contribution is 2.69. The van der Waals surface area contributed by atoms with Crippen LogP contribution in [0.5, 0.6) is 0 Å². The Morgan fingerprint density at radius 2 is 1.56 bits per heavy atom. The lowest BCUT2D eigenvalue weighted by Gasteiger charge is -2.67. The molecular weight excluding hydrogens is 482 g/mol. The van der Waals surface area contributed by atoms with Crippen molar-refractivity contribution < 1.29 is 10.2 Å². The Bertz CT molecular complexity index is 778. The van der Waals surface area contributed by atoms with E-state index in [4.69, 9.17) is 11.5 Å². The Hall–Kier alpha value is -0.200. The molecule has 10 atom stereocenters. The topological polar surface area (TPSA) is 95.7 Å². The first-order chi connectivity index (χ1) is 18.5. The summed E-state index contributed by atoms with van der Waals surface area (Å²) in [5.74, 6) is 4.47. The number of aliphatic hydroxyl groups is 2. The summed E-state index contributed by atoms with van der Waals surface area (Å²) in [6.07, 6.45) is 15.5. The summed E-state index contributed by atoms with van der Waals surface area (Å²) in [6, 6.07) is 0.105. The molecule has 39 heavy (non-hydrogen) atoms. The van der Waals surface area contributed by atoms with Crippen LogP contribution in [0.15, 0.2) is 0 Å². The number of hydrogen-bond donors (Lipinski definition) is 4. The summed E-state index contributed by atoms with van der Waals surface area (Å²) in [4.78, 5) is 2.60. The Balaban J connectivity index is 1.62. The van der Waals surface area contributed by atoms with E-state index >= 15 is 0 Å². The van der Waals surface area contributed by atoms with E-state index in [1.807, 2.05) is 0 Å². The first kappa shape index (κ1) is 31.7. The highest BCUT2D eigenvalue weighted by Gasteiger charge is 2.68. The third-order valence-corrected chi connectivity index (χ3v) is 13.0. The first-order valence-corrected chi connectivity index (χ1v) is 17.1. The van der Waals surface area contributed by atoms with Gasteiger partial charge in [-0.05, 0) is 131 Å². The zero-order chi connectivity index (χ0) is 28.4. The van der Waals surface area contributed by atoms with Gasteiger partial charge < -0.3 is 21.7 Å². The number of fused-ring (bicyclic) bond motifs is 5. The molecule has 0 heterocycles. The van der Waals surface area contributed by atoms with E-state index in [1.165, 1.54) is 44.9 Å². The van der Waals surface area contributed by atoms with Gasteiger partial charge in [-0.2, -0.15) is 0 Å². The van der Waals surface area contributed by atoms with E-state index < -0.39 is 5.60 Å². The highest BCUT2D eigenvalue weighted by atomic mass is 16.3. The van der Waals surface area contributed by atoms with Gasteiger partial charge in [-0.1, -0.05) is 53.9 Å². The van der Waals surface area contributed by atoms with Gasteiger partial charge in [-0.3, -0.25) is 4.90 Å². The number of rotatable bonds is 13. The number of nitrogens with two attached hydrogens (primary N) is 2. The van der Waals surface area contributed by atoms with Crippen LogP contribution in [0.2, 0.25) is 0 Å². The molecule has 0 aliphatic heterocycles. The minimum Gasteiger partial charge on any atom is -0.393 e. The van der Waals surface area contributed by atoms with Gasteiger partial charge in [0, 0.05) is 17.9 Å². The summed E-state index contributed by atoms with van der Waals surface area (Å²) < 4.78 is 0. The van der Waals surface area contributed by atoms with Gasteiger partial charge in [0.1, 0.15) is 0 Å². The monoisotopic (exact) mass is 548 g/mol. The minimum atomic E-state index is -0.834. The van der Waals surface area contributed by atoms with Crippen molar-refractivity contribution in [2.75, 3.05) is 26.2 Å². The molecule has 4 rings (SSSR count). The maximum absolute atomic E-state index is 12.8. The molecule has 4 saturated carbocycles. The third-order valence-electron chi connectivity index (χ3n) is 13.0. The van der Waals surface area contributed by atoms with Crippen molar-refractivity contribution in [1.82, 2.24) is 4.90 Å². The highest BCUT2D eigenvalue weighted by molar-refractivity contribution is 5.19. The van der Waals surface area contributed by atoms with Crippen molar-refractivity contribution in [3.8, 4) is 0 Å².